The van der Waals surface area contributed by atoms with Crippen molar-refractivity contribution in [1.82, 2.24) is 9.78 Å². The van der Waals surface area contributed by atoms with Crippen molar-refractivity contribution in [3.8, 4) is 5.69 Å². The quantitative estimate of drug-likeness (QED) is 0.727. The summed E-state index contributed by atoms with van der Waals surface area (Å²) in [5.41, 5.74) is 3.87. The van der Waals surface area contributed by atoms with Crippen LogP contribution in [-0.2, 0) is 0 Å². The lowest BCUT2D eigenvalue weighted by atomic mass is 9.97. The van der Waals surface area contributed by atoms with Gasteiger partial charge in [-0.1, -0.05) is 19.9 Å². The first-order chi connectivity index (χ1) is 7.18. The molecule has 0 bridgehead atoms. The Morgan fingerprint density at radius 3 is 2.67 bits per heavy atom. The topological polar surface area (TPSA) is 17.8 Å². The lowest BCUT2D eigenvalue weighted by Crippen LogP contribution is -1.98. The molecule has 0 N–H and O–H groups in total. The zero-order valence-electron chi connectivity index (χ0n) is 9.44. The van der Waals surface area contributed by atoms with Crippen molar-refractivity contribution in [2.45, 2.75) is 26.7 Å². The van der Waals surface area contributed by atoms with Gasteiger partial charge in [-0.05, 0) is 42.2 Å². The molecule has 0 fully saturated rings. The van der Waals surface area contributed by atoms with E-state index < -0.39 is 0 Å². The molecule has 0 aliphatic heterocycles. The van der Waals surface area contributed by atoms with Gasteiger partial charge < -0.3 is 0 Å². The van der Waals surface area contributed by atoms with E-state index in [1.165, 1.54) is 11.1 Å². The van der Waals surface area contributed by atoms with Gasteiger partial charge in [-0.15, -0.1) is 0 Å². The summed E-state index contributed by atoms with van der Waals surface area (Å²) in [7, 11) is 0. The molecule has 2 nitrogen and oxygen atoms in total. The molecule has 0 radical (unpaired) electrons. The second-order valence-electron chi connectivity index (χ2n) is 4.15. The fraction of sp³-hybridized carbons (Fsp3) is 0.308. The summed E-state index contributed by atoms with van der Waals surface area (Å²) in [6, 6.07) is 8.42. The van der Waals surface area contributed by atoms with Gasteiger partial charge in [0.1, 0.15) is 0 Å². The Bertz CT molecular complexity index is 442. The van der Waals surface area contributed by atoms with Crippen LogP contribution in [0.15, 0.2) is 36.7 Å². The molecule has 1 aromatic carbocycles. The summed E-state index contributed by atoms with van der Waals surface area (Å²) in [6.07, 6.45) is 3.77. The predicted octanol–water partition coefficient (Wildman–Crippen LogP) is 3.30. The monoisotopic (exact) mass is 200 g/mol. The van der Waals surface area contributed by atoms with Crippen molar-refractivity contribution in [2.75, 3.05) is 0 Å². The van der Waals surface area contributed by atoms with Gasteiger partial charge in [0.15, 0.2) is 0 Å². The van der Waals surface area contributed by atoms with Crippen molar-refractivity contribution in [2.24, 2.45) is 0 Å². The molecular formula is C13H16N2. The average molecular weight is 200 g/mol. The van der Waals surface area contributed by atoms with E-state index in [0.29, 0.717) is 5.92 Å². The van der Waals surface area contributed by atoms with Crippen LogP contribution in [0.4, 0.5) is 0 Å². The lowest BCUT2D eigenvalue weighted by Gasteiger charge is -2.11. The van der Waals surface area contributed by atoms with Gasteiger partial charge in [0.05, 0.1) is 5.69 Å². The molecule has 15 heavy (non-hydrogen) atoms. The minimum Gasteiger partial charge on any atom is -0.241 e. The summed E-state index contributed by atoms with van der Waals surface area (Å²) in [4.78, 5) is 0. The zero-order valence-corrected chi connectivity index (χ0v) is 9.44. The van der Waals surface area contributed by atoms with Gasteiger partial charge in [-0.2, -0.15) is 5.10 Å². The Morgan fingerprint density at radius 2 is 2.07 bits per heavy atom. The second-order valence-corrected chi connectivity index (χ2v) is 4.15. The van der Waals surface area contributed by atoms with Crippen molar-refractivity contribution in [1.29, 1.82) is 0 Å². The number of rotatable bonds is 2. The maximum atomic E-state index is 4.23. The standard InChI is InChI=1S/C13H16N2/c1-10(2)13-9-12(6-5-11(13)3)15-8-4-7-14-15/h4-10H,1-3H3. The van der Waals surface area contributed by atoms with Crippen LogP contribution in [0.2, 0.25) is 0 Å². The minimum absolute atomic E-state index is 0.556. The third-order valence-electron chi connectivity index (χ3n) is 2.65. The molecule has 0 aliphatic rings. The molecule has 0 unspecified atom stereocenters. The van der Waals surface area contributed by atoms with Gasteiger partial charge in [0.25, 0.3) is 0 Å². The molecule has 78 valence electrons. The van der Waals surface area contributed by atoms with Gasteiger partial charge in [0, 0.05) is 12.4 Å². The third-order valence-corrected chi connectivity index (χ3v) is 2.65. The van der Waals surface area contributed by atoms with Gasteiger partial charge in [-0.25, -0.2) is 4.68 Å². The van der Waals surface area contributed by atoms with Crippen LogP contribution in [0.25, 0.3) is 5.69 Å². The van der Waals surface area contributed by atoms with Crippen LogP contribution in [0.3, 0.4) is 0 Å². The highest BCUT2D eigenvalue weighted by molar-refractivity contribution is 5.41. The van der Waals surface area contributed by atoms with E-state index in [4.69, 9.17) is 0 Å². The Labute approximate surface area is 90.6 Å². The molecule has 1 aromatic heterocycles. The molecule has 0 aliphatic carbocycles. The summed E-state index contributed by atoms with van der Waals surface area (Å²) < 4.78 is 1.89. The number of benzene rings is 1. The maximum absolute atomic E-state index is 4.23. The highest BCUT2D eigenvalue weighted by Gasteiger charge is 2.05. The molecule has 2 heteroatoms. The molecule has 0 saturated carbocycles. The molecule has 2 rings (SSSR count). The molecule has 2 aromatic rings. The molecule has 0 atom stereocenters. The molecular weight excluding hydrogens is 184 g/mol. The van der Waals surface area contributed by atoms with Crippen LogP contribution in [0, 0.1) is 6.92 Å². The van der Waals surface area contributed by atoms with Gasteiger partial charge in [0.2, 0.25) is 0 Å². The Morgan fingerprint density at radius 1 is 1.27 bits per heavy atom. The van der Waals surface area contributed by atoms with Crippen LogP contribution < -0.4 is 0 Å². The highest BCUT2D eigenvalue weighted by atomic mass is 15.3. The first-order valence-corrected chi connectivity index (χ1v) is 5.29. The first-order valence-electron chi connectivity index (χ1n) is 5.29. The highest BCUT2D eigenvalue weighted by Crippen LogP contribution is 2.21. The third kappa shape index (κ3) is 1.94. The average Bonchev–Trinajstić information content (AvgIpc) is 2.71. The zero-order chi connectivity index (χ0) is 10.8. The second kappa shape index (κ2) is 3.89. The van der Waals surface area contributed by atoms with E-state index in [0.717, 1.165) is 5.69 Å². The molecule has 0 saturated heterocycles. The maximum Gasteiger partial charge on any atom is 0.0648 e. The van der Waals surface area contributed by atoms with Crippen molar-refractivity contribution >= 4 is 0 Å². The fourth-order valence-electron chi connectivity index (χ4n) is 1.81. The van der Waals surface area contributed by atoms with E-state index >= 15 is 0 Å². The van der Waals surface area contributed by atoms with Crippen molar-refractivity contribution in [3.05, 3.63) is 47.8 Å². The van der Waals surface area contributed by atoms with E-state index in [9.17, 15) is 0 Å². The molecule has 0 amide bonds. The fourth-order valence-corrected chi connectivity index (χ4v) is 1.81. The van der Waals surface area contributed by atoms with Crippen molar-refractivity contribution in [3.63, 3.8) is 0 Å². The van der Waals surface area contributed by atoms with E-state index in [2.05, 4.69) is 44.1 Å². The molecule has 1 heterocycles. The van der Waals surface area contributed by atoms with Crippen molar-refractivity contribution < 1.29 is 0 Å². The minimum atomic E-state index is 0.556. The van der Waals surface area contributed by atoms with E-state index in [-0.39, 0.29) is 0 Å². The molecule has 0 spiro atoms. The lowest BCUT2D eigenvalue weighted by molar-refractivity contribution is 0.837. The van der Waals surface area contributed by atoms with Gasteiger partial charge >= 0.3 is 0 Å². The SMILES string of the molecule is Cc1ccc(-n2cccn2)cc1C(C)C. The Kier molecular flexibility index (Phi) is 2.58. The van der Waals surface area contributed by atoms with Gasteiger partial charge in [-0.3, -0.25) is 0 Å². The number of aromatic nitrogens is 2. The smallest absolute Gasteiger partial charge is 0.0648 e. The predicted molar refractivity (Wildman–Crippen MR) is 62.4 cm³/mol. The number of hydrogen-bond donors (Lipinski definition) is 0. The van der Waals surface area contributed by atoms with Crippen LogP contribution in [-0.4, -0.2) is 9.78 Å². The van der Waals surface area contributed by atoms with Crippen LogP contribution >= 0.6 is 0 Å². The summed E-state index contributed by atoms with van der Waals surface area (Å²) in [5.74, 6) is 0.556. The Balaban J connectivity index is 2.48. The van der Waals surface area contributed by atoms with Crippen LogP contribution in [0.5, 0.6) is 0 Å². The Hall–Kier alpha value is -1.57. The van der Waals surface area contributed by atoms with E-state index in [1.54, 1.807) is 6.20 Å². The normalized spacial score (nSPS) is 10.9. The number of aryl methyl sites for hydroxylation is 1. The largest absolute Gasteiger partial charge is 0.241 e. The van der Waals surface area contributed by atoms with Crippen LogP contribution in [0.1, 0.15) is 30.9 Å². The summed E-state index contributed by atoms with van der Waals surface area (Å²) in [6.45, 7) is 6.59. The number of hydrogen-bond acceptors (Lipinski definition) is 1. The summed E-state index contributed by atoms with van der Waals surface area (Å²) >= 11 is 0. The number of nitrogens with zero attached hydrogens (tertiary/aromatic N) is 2. The first kappa shape index (κ1) is 9.97. The summed E-state index contributed by atoms with van der Waals surface area (Å²) in [5, 5.41) is 4.23. The van der Waals surface area contributed by atoms with E-state index in [1.807, 2.05) is 16.9 Å².